The third kappa shape index (κ3) is 2.77. The summed E-state index contributed by atoms with van der Waals surface area (Å²) >= 11 is 0. The van der Waals surface area contributed by atoms with Gasteiger partial charge in [0.15, 0.2) is 0 Å². The molecule has 0 amide bonds. The lowest BCUT2D eigenvalue weighted by Gasteiger charge is -2.34. The minimum atomic E-state index is -0.278. The fourth-order valence-electron chi connectivity index (χ4n) is 2.43. The van der Waals surface area contributed by atoms with E-state index in [9.17, 15) is 0 Å². The Morgan fingerprint density at radius 3 is 2.74 bits per heavy atom. The number of methoxy groups -OCH3 is 1. The number of likely N-dealkylation sites (N-methyl/N-ethyl adjacent to an activating group) is 1. The van der Waals surface area contributed by atoms with E-state index < -0.39 is 0 Å². The summed E-state index contributed by atoms with van der Waals surface area (Å²) in [4.78, 5) is 4.42. The maximum Gasteiger partial charge on any atom is 0.0816 e. The van der Waals surface area contributed by atoms with E-state index in [1.165, 1.54) is 10.9 Å². The lowest BCUT2D eigenvalue weighted by Crippen LogP contribution is -2.40. The second-order valence-corrected chi connectivity index (χ2v) is 5.22. The fourth-order valence-corrected chi connectivity index (χ4v) is 2.43. The lowest BCUT2D eigenvalue weighted by atomic mass is 9.89. The number of pyridine rings is 1. The quantitative estimate of drug-likeness (QED) is 0.893. The topological polar surface area (TPSA) is 34.2 Å². The van der Waals surface area contributed by atoms with E-state index in [-0.39, 0.29) is 11.6 Å². The van der Waals surface area contributed by atoms with Crippen LogP contribution in [0.15, 0.2) is 36.5 Å². The molecular formula is C16H22N2O. The van der Waals surface area contributed by atoms with Crippen LogP contribution in [0.4, 0.5) is 0 Å². The second-order valence-electron chi connectivity index (χ2n) is 5.22. The van der Waals surface area contributed by atoms with Crippen LogP contribution in [0.25, 0.3) is 10.9 Å². The number of hydrogen-bond acceptors (Lipinski definition) is 3. The molecule has 1 aromatic carbocycles. The Kier molecular flexibility index (Phi) is 4.17. The van der Waals surface area contributed by atoms with Gasteiger partial charge < -0.3 is 10.1 Å². The molecular weight excluding hydrogens is 236 g/mol. The molecule has 0 saturated carbocycles. The first kappa shape index (κ1) is 14.0. The number of nitrogens with zero attached hydrogens (tertiary/aromatic N) is 1. The van der Waals surface area contributed by atoms with Gasteiger partial charge in [-0.1, -0.05) is 25.1 Å². The van der Waals surface area contributed by atoms with Gasteiger partial charge in [0.2, 0.25) is 0 Å². The molecule has 3 heteroatoms. The first-order valence-electron chi connectivity index (χ1n) is 6.72. The van der Waals surface area contributed by atoms with Crippen molar-refractivity contribution in [2.45, 2.75) is 32.4 Å². The number of benzene rings is 1. The van der Waals surface area contributed by atoms with Crippen LogP contribution in [-0.4, -0.2) is 24.2 Å². The zero-order valence-corrected chi connectivity index (χ0v) is 12.1. The van der Waals surface area contributed by atoms with Crippen LogP contribution in [0.5, 0.6) is 0 Å². The minimum absolute atomic E-state index is 0.135. The van der Waals surface area contributed by atoms with Gasteiger partial charge in [-0.3, -0.25) is 4.98 Å². The summed E-state index contributed by atoms with van der Waals surface area (Å²) in [6.07, 6.45) is 1.83. The van der Waals surface area contributed by atoms with E-state index in [1.807, 2.05) is 18.3 Å². The number of nitrogens with one attached hydrogen (secondary N) is 1. The van der Waals surface area contributed by atoms with Crippen LogP contribution in [0.1, 0.15) is 32.4 Å². The van der Waals surface area contributed by atoms with Gasteiger partial charge in [-0.05, 0) is 38.1 Å². The molecule has 2 rings (SSSR count). The van der Waals surface area contributed by atoms with Crippen molar-refractivity contribution >= 4 is 10.9 Å². The van der Waals surface area contributed by atoms with Crippen molar-refractivity contribution in [3.05, 3.63) is 42.1 Å². The summed E-state index contributed by atoms with van der Waals surface area (Å²) in [5.74, 6) is 0. The van der Waals surface area contributed by atoms with Gasteiger partial charge in [-0.2, -0.15) is 0 Å². The molecule has 0 bridgehead atoms. The summed E-state index contributed by atoms with van der Waals surface area (Å²) < 4.78 is 5.67. The first-order valence-corrected chi connectivity index (χ1v) is 6.72. The van der Waals surface area contributed by atoms with Gasteiger partial charge in [0.25, 0.3) is 0 Å². The number of hydrogen-bond donors (Lipinski definition) is 1. The molecule has 1 N–H and O–H groups in total. The summed E-state index contributed by atoms with van der Waals surface area (Å²) in [5, 5.41) is 4.71. The average Bonchev–Trinajstić information content (AvgIpc) is 2.44. The number of fused-ring (bicyclic) bond motifs is 1. The van der Waals surface area contributed by atoms with Crippen LogP contribution in [-0.2, 0) is 4.74 Å². The van der Waals surface area contributed by atoms with E-state index in [0.29, 0.717) is 0 Å². The molecule has 0 aliphatic rings. The molecule has 1 heterocycles. The van der Waals surface area contributed by atoms with E-state index >= 15 is 0 Å². The van der Waals surface area contributed by atoms with Crippen LogP contribution in [0.2, 0.25) is 0 Å². The highest BCUT2D eigenvalue weighted by Gasteiger charge is 2.31. The Morgan fingerprint density at radius 2 is 2.05 bits per heavy atom. The second kappa shape index (κ2) is 5.68. The Hall–Kier alpha value is -1.45. The predicted molar refractivity (Wildman–Crippen MR) is 79.2 cm³/mol. The van der Waals surface area contributed by atoms with Crippen molar-refractivity contribution in [2.75, 3.05) is 13.7 Å². The van der Waals surface area contributed by atoms with Crippen molar-refractivity contribution < 1.29 is 4.74 Å². The van der Waals surface area contributed by atoms with Crippen molar-refractivity contribution in [2.24, 2.45) is 0 Å². The van der Waals surface area contributed by atoms with Gasteiger partial charge >= 0.3 is 0 Å². The van der Waals surface area contributed by atoms with Crippen molar-refractivity contribution in [3.63, 3.8) is 0 Å². The van der Waals surface area contributed by atoms with E-state index in [1.54, 1.807) is 7.11 Å². The Morgan fingerprint density at radius 1 is 1.26 bits per heavy atom. The summed E-state index contributed by atoms with van der Waals surface area (Å²) in [6.45, 7) is 7.22. The fraction of sp³-hybridized carbons (Fsp3) is 0.438. The summed E-state index contributed by atoms with van der Waals surface area (Å²) in [7, 11) is 1.76. The number of ether oxygens (including phenoxy) is 1. The molecule has 1 atom stereocenters. The molecule has 2 aromatic rings. The van der Waals surface area contributed by atoms with Crippen LogP contribution in [0.3, 0.4) is 0 Å². The van der Waals surface area contributed by atoms with Crippen molar-refractivity contribution in [1.29, 1.82) is 0 Å². The monoisotopic (exact) mass is 258 g/mol. The lowest BCUT2D eigenvalue weighted by molar-refractivity contribution is -0.0103. The average molecular weight is 258 g/mol. The van der Waals surface area contributed by atoms with Gasteiger partial charge in [-0.25, -0.2) is 0 Å². The van der Waals surface area contributed by atoms with Gasteiger partial charge in [-0.15, -0.1) is 0 Å². The van der Waals surface area contributed by atoms with Crippen molar-refractivity contribution in [1.82, 2.24) is 10.3 Å². The molecule has 0 radical (unpaired) electrons. The number of rotatable bonds is 5. The molecule has 0 aliphatic carbocycles. The predicted octanol–water partition coefficient (Wildman–Crippen LogP) is 3.31. The van der Waals surface area contributed by atoms with Crippen LogP contribution in [0, 0.1) is 0 Å². The third-order valence-electron chi connectivity index (χ3n) is 3.62. The van der Waals surface area contributed by atoms with Crippen molar-refractivity contribution in [3.8, 4) is 0 Å². The molecule has 102 valence electrons. The first-order chi connectivity index (χ1) is 9.10. The standard InChI is InChI=1S/C16H22N2O/c1-5-17-15(16(2,3)19-4)13-8-6-10-14-12(13)9-7-11-18-14/h6-11,15,17H,5H2,1-4H3. The molecule has 19 heavy (non-hydrogen) atoms. The maximum atomic E-state index is 5.67. The van der Waals surface area contributed by atoms with Gasteiger partial charge in [0.05, 0.1) is 17.2 Å². The molecule has 0 aliphatic heterocycles. The normalized spacial score (nSPS) is 13.7. The molecule has 0 fully saturated rings. The molecule has 3 nitrogen and oxygen atoms in total. The Labute approximate surface area is 115 Å². The zero-order valence-electron chi connectivity index (χ0n) is 12.1. The van der Waals surface area contributed by atoms with Crippen LogP contribution >= 0.6 is 0 Å². The molecule has 1 unspecified atom stereocenters. The smallest absolute Gasteiger partial charge is 0.0816 e. The van der Waals surface area contributed by atoms with Crippen LogP contribution < -0.4 is 5.32 Å². The van der Waals surface area contributed by atoms with Gasteiger partial charge in [0.1, 0.15) is 0 Å². The van der Waals surface area contributed by atoms with E-state index in [2.05, 4.69) is 49.3 Å². The van der Waals surface area contributed by atoms with E-state index in [4.69, 9.17) is 4.74 Å². The highest BCUT2D eigenvalue weighted by molar-refractivity contribution is 5.82. The summed E-state index contributed by atoms with van der Waals surface area (Å²) in [5.41, 5.74) is 1.98. The maximum absolute atomic E-state index is 5.67. The highest BCUT2D eigenvalue weighted by Crippen LogP contribution is 2.32. The zero-order chi connectivity index (χ0) is 13.9. The summed E-state index contributed by atoms with van der Waals surface area (Å²) in [6, 6.07) is 10.5. The SMILES string of the molecule is CCNC(c1cccc2ncccc12)C(C)(C)OC. The molecule has 0 spiro atoms. The Bertz CT molecular complexity index is 546. The highest BCUT2D eigenvalue weighted by atomic mass is 16.5. The Balaban J connectivity index is 2.56. The molecule has 0 saturated heterocycles. The third-order valence-corrected chi connectivity index (χ3v) is 3.62. The molecule has 1 aromatic heterocycles. The largest absolute Gasteiger partial charge is 0.377 e. The number of aromatic nitrogens is 1. The minimum Gasteiger partial charge on any atom is -0.377 e. The van der Waals surface area contributed by atoms with E-state index in [0.717, 1.165) is 12.1 Å². The van der Waals surface area contributed by atoms with Gasteiger partial charge in [0, 0.05) is 18.7 Å².